The summed E-state index contributed by atoms with van der Waals surface area (Å²) in [6.07, 6.45) is 6.15. The van der Waals surface area contributed by atoms with Crippen LogP contribution in [0.5, 0.6) is 0 Å². The molecule has 0 unspecified atom stereocenters. The molecule has 0 atom stereocenters. The van der Waals surface area contributed by atoms with Gasteiger partial charge in [0.05, 0.1) is 6.61 Å². The van der Waals surface area contributed by atoms with Crippen molar-refractivity contribution in [3.05, 3.63) is 13.2 Å². The normalized spacial score (nSPS) is 18.6. The van der Waals surface area contributed by atoms with Gasteiger partial charge in [-0.15, -0.1) is 13.2 Å². The second-order valence-corrected chi connectivity index (χ2v) is 2.78. The van der Waals surface area contributed by atoms with Crippen molar-refractivity contribution < 1.29 is 9.47 Å². The summed E-state index contributed by atoms with van der Waals surface area (Å²) in [5.74, 6) is 0.503. The molecule has 1 rings (SSSR count). The molecule has 2 heteroatoms. The Bertz CT molecular complexity index is 76.9. The zero-order chi connectivity index (χ0) is 8.53. The molecule has 1 aliphatic rings. The van der Waals surface area contributed by atoms with Crippen molar-refractivity contribution in [2.45, 2.75) is 32.1 Å². The van der Waals surface area contributed by atoms with Crippen LogP contribution in [-0.4, -0.2) is 6.61 Å². The summed E-state index contributed by atoms with van der Waals surface area (Å²) >= 11 is 0. The minimum absolute atomic E-state index is 0.319. The van der Waals surface area contributed by atoms with Gasteiger partial charge >= 0.3 is 0 Å². The van der Waals surface area contributed by atoms with Gasteiger partial charge in [-0.3, -0.25) is 0 Å². The fourth-order valence-electron chi connectivity index (χ4n) is 1.44. The van der Waals surface area contributed by atoms with Gasteiger partial charge < -0.3 is 0 Å². The van der Waals surface area contributed by atoms with Crippen LogP contribution in [0.15, 0.2) is 13.2 Å². The molecule has 1 aliphatic carbocycles. The van der Waals surface area contributed by atoms with Gasteiger partial charge in [0.25, 0.3) is 0 Å². The summed E-state index contributed by atoms with van der Waals surface area (Å²) in [4.78, 5) is 3.58. The summed E-state index contributed by atoms with van der Waals surface area (Å²) in [7, 11) is 0. The van der Waals surface area contributed by atoms with Crippen LogP contribution in [0.3, 0.4) is 0 Å². The molecule has 66 valence electrons. The zero-order valence-corrected chi connectivity index (χ0v) is 7.02. The first-order chi connectivity index (χ1) is 5.43. The highest BCUT2D eigenvalue weighted by Gasteiger charge is 2.12. The van der Waals surface area contributed by atoms with E-state index >= 15 is 0 Å². The molecule has 1 nitrogen and oxygen atoms in total. The smallest absolute Gasteiger partial charge is 0.0904 e. The highest BCUT2D eigenvalue weighted by molar-refractivity contribution is 4.63. The van der Waals surface area contributed by atoms with Gasteiger partial charge in [0.1, 0.15) is 0 Å². The first kappa shape index (κ1) is 10.6. The van der Waals surface area contributed by atoms with E-state index in [-0.39, 0.29) is 0 Å². The lowest BCUT2D eigenvalue weighted by Gasteiger charge is -2.18. The van der Waals surface area contributed by atoms with E-state index in [0.29, 0.717) is 12.5 Å². The molecule has 0 aliphatic heterocycles. The third-order valence-electron chi connectivity index (χ3n) is 2.02. The first-order valence-electron chi connectivity index (χ1n) is 4.17. The monoisotopic (exact) mass is 160 g/mol. The highest BCUT2D eigenvalue weighted by atomic mass is 19.3. The van der Waals surface area contributed by atoms with Crippen LogP contribution in [0.4, 0.5) is 4.53 Å². The third-order valence-corrected chi connectivity index (χ3v) is 2.02. The van der Waals surface area contributed by atoms with Crippen molar-refractivity contribution in [2.24, 2.45) is 5.92 Å². The highest BCUT2D eigenvalue weighted by Crippen LogP contribution is 2.23. The number of rotatable bonds is 2. The van der Waals surface area contributed by atoms with Crippen molar-refractivity contribution in [2.75, 3.05) is 6.61 Å². The predicted molar refractivity (Wildman–Crippen MR) is 44.9 cm³/mol. The first-order valence-corrected chi connectivity index (χ1v) is 4.17. The molecule has 0 heterocycles. The lowest BCUT2D eigenvalue weighted by Crippen LogP contribution is -2.10. The van der Waals surface area contributed by atoms with Crippen molar-refractivity contribution in [3.63, 3.8) is 0 Å². The van der Waals surface area contributed by atoms with Gasteiger partial charge in [0.2, 0.25) is 0 Å². The van der Waals surface area contributed by atoms with E-state index in [1.54, 1.807) is 0 Å². The Kier molecular flexibility index (Phi) is 7.47. The molecule has 1 saturated carbocycles. The second kappa shape index (κ2) is 7.73. The molecule has 0 amide bonds. The minimum Gasteiger partial charge on any atom is -0.194 e. The Morgan fingerprint density at radius 1 is 1.18 bits per heavy atom. The number of hydrogen-bond donors (Lipinski definition) is 0. The average Bonchev–Trinajstić information content (AvgIpc) is 2.11. The van der Waals surface area contributed by atoms with E-state index in [1.807, 2.05) is 0 Å². The molecular formula is C9H17FO. The summed E-state index contributed by atoms with van der Waals surface area (Å²) in [6.45, 7) is 6.32. The standard InChI is InChI=1S/C7H13FO.C2H4/c8-9-6-7-4-2-1-3-5-7;1-2/h7H,1-6H2;1-2H2. The van der Waals surface area contributed by atoms with Gasteiger partial charge in [-0.2, -0.15) is 4.94 Å². The van der Waals surface area contributed by atoms with E-state index in [0.717, 1.165) is 12.8 Å². The molecular weight excluding hydrogens is 143 g/mol. The van der Waals surface area contributed by atoms with E-state index in [2.05, 4.69) is 18.1 Å². The van der Waals surface area contributed by atoms with Gasteiger partial charge in [-0.05, 0) is 23.3 Å². The lowest BCUT2D eigenvalue weighted by atomic mass is 9.90. The summed E-state index contributed by atoms with van der Waals surface area (Å²) in [5.41, 5.74) is 0. The van der Waals surface area contributed by atoms with Crippen LogP contribution in [-0.2, 0) is 4.94 Å². The molecule has 0 spiro atoms. The van der Waals surface area contributed by atoms with E-state index in [9.17, 15) is 4.53 Å². The van der Waals surface area contributed by atoms with Crippen LogP contribution in [0.2, 0.25) is 0 Å². The van der Waals surface area contributed by atoms with Gasteiger partial charge in [-0.25, -0.2) is 0 Å². The fraction of sp³-hybridized carbons (Fsp3) is 0.778. The predicted octanol–water partition coefficient (Wildman–Crippen LogP) is 3.27. The largest absolute Gasteiger partial charge is 0.194 e. The maximum Gasteiger partial charge on any atom is 0.0904 e. The van der Waals surface area contributed by atoms with Gasteiger partial charge in [0, 0.05) is 0 Å². The SMILES string of the molecule is C=C.FOCC1CCCCC1. The third kappa shape index (κ3) is 4.96. The molecule has 0 aromatic heterocycles. The Morgan fingerprint density at radius 3 is 2.18 bits per heavy atom. The lowest BCUT2D eigenvalue weighted by molar-refractivity contribution is -0.147. The van der Waals surface area contributed by atoms with E-state index in [1.165, 1.54) is 19.3 Å². The average molecular weight is 160 g/mol. The molecule has 0 aromatic rings. The van der Waals surface area contributed by atoms with Crippen molar-refractivity contribution in [1.29, 1.82) is 0 Å². The van der Waals surface area contributed by atoms with Crippen molar-refractivity contribution in [1.82, 2.24) is 0 Å². The fourth-order valence-corrected chi connectivity index (χ4v) is 1.44. The molecule has 0 N–H and O–H groups in total. The van der Waals surface area contributed by atoms with Crippen molar-refractivity contribution >= 4 is 0 Å². The van der Waals surface area contributed by atoms with Crippen LogP contribution >= 0.6 is 0 Å². The molecule has 0 aromatic carbocycles. The maximum atomic E-state index is 11.3. The van der Waals surface area contributed by atoms with E-state index in [4.69, 9.17) is 0 Å². The Labute approximate surface area is 68.1 Å². The summed E-state index contributed by atoms with van der Waals surface area (Å²) in [5, 5.41) is 0. The van der Waals surface area contributed by atoms with Gasteiger partial charge in [0.15, 0.2) is 0 Å². The quantitative estimate of drug-likeness (QED) is 0.563. The van der Waals surface area contributed by atoms with Crippen LogP contribution < -0.4 is 0 Å². The van der Waals surface area contributed by atoms with E-state index < -0.39 is 0 Å². The topological polar surface area (TPSA) is 9.23 Å². The number of halogens is 1. The molecule has 0 bridgehead atoms. The molecule has 11 heavy (non-hydrogen) atoms. The van der Waals surface area contributed by atoms with Crippen molar-refractivity contribution in [3.8, 4) is 0 Å². The van der Waals surface area contributed by atoms with Crippen LogP contribution in [0, 0.1) is 5.92 Å². The Morgan fingerprint density at radius 2 is 1.73 bits per heavy atom. The maximum absolute atomic E-state index is 11.3. The zero-order valence-electron chi connectivity index (χ0n) is 7.02. The molecule has 0 radical (unpaired) electrons. The number of hydrogen-bond acceptors (Lipinski definition) is 1. The molecule has 0 saturated heterocycles. The molecule has 1 fully saturated rings. The van der Waals surface area contributed by atoms with Crippen LogP contribution in [0.1, 0.15) is 32.1 Å². The summed E-state index contributed by atoms with van der Waals surface area (Å²) < 4.78 is 11.3. The van der Waals surface area contributed by atoms with Gasteiger partial charge in [-0.1, -0.05) is 19.3 Å². The second-order valence-electron chi connectivity index (χ2n) is 2.78. The Balaban J connectivity index is 0.000000461. The minimum atomic E-state index is 0.319. The Hall–Kier alpha value is -0.370. The van der Waals surface area contributed by atoms with Crippen LogP contribution in [0.25, 0.3) is 0 Å². The summed E-state index contributed by atoms with van der Waals surface area (Å²) in [6, 6.07) is 0.